The van der Waals surface area contributed by atoms with Gasteiger partial charge in [0.05, 0.1) is 6.26 Å². The predicted molar refractivity (Wildman–Crippen MR) is 110 cm³/mol. The number of carbonyl (C=O) groups is 2. The first kappa shape index (κ1) is 22.0. The zero-order chi connectivity index (χ0) is 21.3. The van der Waals surface area contributed by atoms with Crippen molar-refractivity contribution in [3.63, 3.8) is 0 Å². The SMILES string of the molecule is C=COC(=O)[C@H](Cc1ccc(OCc2ccccc2)cc1)NC(=O)OC(C)(C)C. The van der Waals surface area contributed by atoms with Crippen molar-refractivity contribution in [2.45, 2.75) is 45.4 Å². The van der Waals surface area contributed by atoms with Crippen molar-refractivity contribution in [2.24, 2.45) is 0 Å². The Morgan fingerprint density at radius 2 is 1.69 bits per heavy atom. The third-order valence-corrected chi connectivity index (χ3v) is 3.79. The lowest BCUT2D eigenvalue weighted by Gasteiger charge is -2.22. The Balaban J connectivity index is 1.99. The molecule has 0 aromatic heterocycles. The van der Waals surface area contributed by atoms with Gasteiger partial charge in [-0.3, -0.25) is 0 Å². The fraction of sp³-hybridized carbons (Fsp3) is 0.304. The van der Waals surface area contributed by atoms with Crippen molar-refractivity contribution in [3.05, 3.63) is 78.6 Å². The van der Waals surface area contributed by atoms with E-state index in [4.69, 9.17) is 14.2 Å². The van der Waals surface area contributed by atoms with E-state index in [0.29, 0.717) is 12.4 Å². The van der Waals surface area contributed by atoms with Gasteiger partial charge in [-0.15, -0.1) is 0 Å². The van der Waals surface area contributed by atoms with Gasteiger partial charge in [-0.1, -0.05) is 49.0 Å². The Kier molecular flexibility index (Phi) is 7.83. The molecule has 0 heterocycles. The highest BCUT2D eigenvalue weighted by Gasteiger charge is 2.25. The first-order valence-electron chi connectivity index (χ1n) is 9.33. The molecule has 1 atom stereocenters. The number of benzene rings is 2. The van der Waals surface area contributed by atoms with E-state index in [1.807, 2.05) is 54.6 Å². The molecule has 0 fully saturated rings. The molecule has 0 aliphatic heterocycles. The molecule has 2 rings (SSSR count). The number of hydrogen-bond acceptors (Lipinski definition) is 5. The van der Waals surface area contributed by atoms with Crippen LogP contribution in [0.3, 0.4) is 0 Å². The lowest BCUT2D eigenvalue weighted by molar-refractivity contribution is -0.140. The zero-order valence-corrected chi connectivity index (χ0v) is 17.0. The van der Waals surface area contributed by atoms with Crippen molar-refractivity contribution in [1.82, 2.24) is 5.32 Å². The Hall–Kier alpha value is -3.28. The summed E-state index contributed by atoms with van der Waals surface area (Å²) < 4.78 is 15.8. The first-order valence-corrected chi connectivity index (χ1v) is 9.33. The molecule has 0 saturated heterocycles. The quantitative estimate of drug-likeness (QED) is 0.528. The van der Waals surface area contributed by atoms with E-state index in [2.05, 4.69) is 11.9 Å². The van der Waals surface area contributed by atoms with E-state index < -0.39 is 23.7 Å². The summed E-state index contributed by atoms with van der Waals surface area (Å²) in [5.41, 5.74) is 1.24. The van der Waals surface area contributed by atoms with Gasteiger partial charge in [-0.05, 0) is 44.0 Å². The van der Waals surface area contributed by atoms with E-state index in [1.54, 1.807) is 20.8 Å². The van der Waals surface area contributed by atoms with Crippen LogP contribution in [0.25, 0.3) is 0 Å². The third-order valence-electron chi connectivity index (χ3n) is 3.79. The fourth-order valence-electron chi connectivity index (χ4n) is 2.51. The summed E-state index contributed by atoms with van der Waals surface area (Å²) in [7, 11) is 0. The highest BCUT2D eigenvalue weighted by Crippen LogP contribution is 2.16. The van der Waals surface area contributed by atoms with Gasteiger partial charge in [0.25, 0.3) is 0 Å². The largest absolute Gasteiger partial charge is 0.489 e. The number of esters is 1. The number of hydrogen-bond donors (Lipinski definition) is 1. The first-order chi connectivity index (χ1) is 13.8. The Morgan fingerprint density at radius 1 is 1.03 bits per heavy atom. The van der Waals surface area contributed by atoms with Crippen molar-refractivity contribution in [2.75, 3.05) is 0 Å². The maximum Gasteiger partial charge on any atom is 0.408 e. The summed E-state index contributed by atoms with van der Waals surface area (Å²) in [5, 5.41) is 2.55. The van der Waals surface area contributed by atoms with Crippen LogP contribution in [0.4, 0.5) is 4.79 Å². The molecule has 6 heteroatoms. The third kappa shape index (κ3) is 8.09. The molecule has 1 N–H and O–H groups in total. The number of rotatable bonds is 8. The predicted octanol–water partition coefficient (Wildman–Crippen LogP) is 4.39. The molecule has 154 valence electrons. The smallest absolute Gasteiger partial charge is 0.408 e. The molecule has 6 nitrogen and oxygen atoms in total. The Morgan fingerprint density at radius 3 is 2.28 bits per heavy atom. The zero-order valence-electron chi connectivity index (χ0n) is 17.0. The number of nitrogens with one attached hydrogen (secondary N) is 1. The monoisotopic (exact) mass is 397 g/mol. The minimum atomic E-state index is -0.904. The van der Waals surface area contributed by atoms with Gasteiger partial charge in [0.1, 0.15) is 24.0 Å². The van der Waals surface area contributed by atoms with Crippen molar-refractivity contribution in [3.8, 4) is 5.75 Å². The van der Waals surface area contributed by atoms with Crippen molar-refractivity contribution in [1.29, 1.82) is 0 Å². The molecule has 0 saturated carbocycles. The second-order valence-corrected chi connectivity index (χ2v) is 7.42. The summed E-state index contributed by atoms with van der Waals surface area (Å²) in [6, 6.07) is 16.3. The van der Waals surface area contributed by atoms with Gasteiger partial charge in [-0.25, -0.2) is 9.59 Å². The minimum Gasteiger partial charge on any atom is -0.489 e. The molecule has 2 aromatic rings. The molecule has 0 bridgehead atoms. The van der Waals surface area contributed by atoms with Crippen LogP contribution in [0.1, 0.15) is 31.9 Å². The van der Waals surface area contributed by atoms with Gasteiger partial charge in [-0.2, -0.15) is 0 Å². The summed E-state index contributed by atoms with van der Waals surface area (Å²) in [6.45, 7) is 9.09. The molecule has 0 aliphatic rings. The maximum absolute atomic E-state index is 12.2. The van der Waals surface area contributed by atoms with Crippen molar-refractivity contribution < 1.29 is 23.8 Å². The van der Waals surface area contributed by atoms with E-state index in [0.717, 1.165) is 17.4 Å². The lowest BCUT2D eigenvalue weighted by Crippen LogP contribution is -2.45. The second-order valence-electron chi connectivity index (χ2n) is 7.42. The van der Waals surface area contributed by atoms with Gasteiger partial charge in [0.15, 0.2) is 0 Å². The molecule has 0 spiro atoms. The van der Waals surface area contributed by atoms with Gasteiger partial charge in [0.2, 0.25) is 0 Å². The van der Waals surface area contributed by atoms with Gasteiger partial charge >= 0.3 is 12.1 Å². The maximum atomic E-state index is 12.2. The second kappa shape index (κ2) is 10.3. The molecule has 0 unspecified atom stereocenters. The molecule has 1 amide bonds. The van der Waals surface area contributed by atoms with Crippen LogP contribution in [-0.2, 0) is 27.3 Å². The molecule has 29 heavy (non-hydrogen) atoms. The van der Waals surface area contributed by atoms with E-state index in [1.165, 1.54) is 0 Å². The summed E-state index contributed by atoms with van der Waals surface area (Å²) in [5.74, 6) is 0.0955. The van der Waals surface area contributed by atoms with Crippen LogP contribution in [0.5, 0.6) is 5.75 Å². The fourth-order valence-corrected chi connectivity index (χ4v) is 2.51. The van der Waals surface area contributed by atoms with Crippen LogP contribution in [0.2, 0.25) is 0 Å². The normalized spacial score (nSPS) is 11.8. The number of alkyl carbamates (subject to hydrolysis) is 1. The lowest BCUT2D eigenvalue weighted by atomic mass is 10.1. The summed E-state index contributed by atoms with van der Waals surface area (Å²) in [6.07, 6.45) is 0.587. The van der Waals surface area contributed by atoms with Crippen molar-refractivity contribution >= 4 is 12.1 Å². The molecular formula is C23H27NO5. The highest BCUT2D eigenvalue weighted by atomic mass is 16.6. The highest BCUT2D eigenvalue weighted by molar-refractivity contribution is 5.82. The average molecular weight is 397 g/mol. The van der Waals surface area contributed by atoms with Crippen LogP contribution in [0.15, 0.2) is 67.4 Å². The van der Waals surface area contributed by atoms with Crippen LogP contribution < -0.4 is 10.1 Å². The average Bonchev–Trinajstić information content (AvgIpc) is 2.66. The number of amides is 1. The summed E-state index contributed by atoms with van der Waals surface area (Å²) >= 11 is 0. The van der Waals surface area contributed by atoms with E-state index in [-0.39, 0.29) is 6.42 Å². The molecular weight excluding hydrogens is 370 g/mol. The van der Waals surface area contributed by atoms with Gasteiger partial charge < -0.3 is 19.5 Å². The Labute approximate surface area is 171 Å². The standard InChI is InChI=1S/C23H27NO5/c1-5-27-21(25)20(24-22(26)29-23(2,3)4)15-17-11-13-19(14-12-17)28-16-18-9-7-6-8-10-18/h5-14,20H,1,15-16H2,2-4H3,(H,24,26)/t20-/m0/s1. The van der Waals surface area contributed by atoms with Crippen LogP contribution >= 0.6 is 0 Å². The number of carbonyl (C=O) groups excluding carboxylic acids is 2. The summed E-state index contributed by atoms with van der Waals surface area (Å²) in [4.78, 5) is 24.2. The molecule has 2 aromatic carbocycles. The van der Waals surface area contributed by atoms with Crippen LogP contribution in [-0.4, -0.2) is 23.7 Å². The molecule has 0 aliphatic carbocycles. The minimum absolute atomic E-state index is 0.241. The topological polar surface area (TPSA) is 73.9 Å². The van der Waals surface area contributed by atoms with E-state index >= 15 is 0 Å². The van der Waals surface area contributed by atoms with Gasteiger partial charge in [0, 0.05) is 6.42 Å². The van der Waals surface area contributed by atoms with E-state index in [9.17, 15) is 9.59 Å². The molecule has 0 radical (unpaired) electrons. The number of ether oxygens (including phenoxy) is 3. The Bertz CT molecular complexity index is 809. The van der Waals surface area contributed by atoms with Crippen LogP contribution in [0, 0.1) is 0 Å².